The molecule has 1 aliphatic heterocycles. The molecule has 0 saturated heterocycles. The smallest absolute Gasteiger partial charge is 0.200 e. The second-order valence-corrected chi connectivity index (χ2v) is 8.61. The first-order chi connectivity index (χ1) is 16.6. The standard InChI is InChI=1S/C27H24ClNO5/c1-31-24-9-5-18(13-25(24)32-2)22-15-33-27-20(26(22)30)8-10-23-21(27)14-29(16-34-23)12-11-17-3-6-19(28)7-4-17/h3-10,13,15H,11-12,14,16H2,1-2H3. The van der Waals surface area contributed by atoms with Gasteiger partial charge in [0.2, 0.25) is 5.43 Å². The number of nitrogens with zero attached hydrogens (tertiary/aromatic N) is 1. The Kier molecular flexibility index (Phi) is 6.18. The Labute approximate surface area is 202 Å². The van der Waals surface area contributed by atoms with Gasteiger partial charge < -0.3 is 18.6 Å². The lowest BCUT2D eigenvalue weighted by Gasteiger charge is -2.29. The highest BCUT2D eigenvalue weighted by Crippen LogP contribution is 2.34. The summed E-state index contributed by atoms with van der Waals surface area (Å²) in [7, 11) is 3.14. The predicted molar refractivity (Wildman–Crippen MR) is 132 cm³/mol. The lowest BCUT2D eigenvalue weighted by atomic mass is 10.0. The number of methoxy groups -OCH3 is 2. The summed E-state index contributed by atoms with van der Waals surface area (Å²) < 4.78 is 22.7. The van der Waals surface area contributed by atoms with Crippen molar-refractivity contribution < 1.29 is 18.6 Å². The number of hydrogen-bond donors (Lipinski definition) is 0. The maximum Gasteiger partial charge on any atom is 0.200 e. The van der Waals surface area contributed by atoms with Gasteiger partial charge in [0.05, 0.1) is 30.7 Å². The maximum absolute atomic E-state index is 13.4. The molecule has 0 bridgehead atoms. The SMILES string of the molecule is COc1ccc(-c2coc3c4c(ccc3c2=O)OCN(CCc2ccc(Cl)cc2)C4)cc1OC. The Morgan fingerprint density at radius 3 is 2.56 bits per heavy atom. The molecule has 0 N–H and O–H groups in total. The molecule has 3 aromatic carbocycles. The topological polar surface area (TPSA) is 61.1 Å². The zero-order chi connectivity index (χ0) is 23.7. The Morgan fingerprint density at radius 2 is 1.79 bits per heavy atom. The third-order valence-corrected chi connectivity index (χ3v) is 6.36. The third kappa shape index (κ3) is 4.22. The van der Waals surface area contributed by atoms with Crippen molar-refractivity contribution in [3.05, 3.63) is 87.2 Å². The molecule has 0 unspecified atom stereocenters. The van der Waals surface area contributed by atoms with Crippen molar-refractivity contribution in [1.29, 1.82) is 0 Å². The second kappa shape index (κ2) is 9.41. The molecule has 1 aromatic heterocycles. The Bertz CT molecular complexity index is 1400. The highest BCUT2D eigenvalue weighted by Gasteiger charge is 2.23. The van der Waals surface area contributed by atoms with E-state index >= 15 is 0 Å². The van der Waals surface area contributed by atoms with Crippen molar-refractivity contribution in [2.45, 2.75) is 13.0 Å². The fourth-order valence-corrected chi connectivity index (χ4v) is 4.37. The monoisotopic (exact) mass is 477 g/mol. The van der Waals surface area contributed by atoms with E-state index in [0.717, 1.165) is 29.3 Å². The normalized spacial score (nSPS) is 13.4. The van der Waals surface area contributed by atoms with E-state index in [1.165, 1.54) is 11.8 Å². The van der Waals surface area contributed by atoms with Gasteiger partial charge >= 0.3 is 0 Å². The lowest BCUT2D eigenvalue weighted by molar-refractivity contribution is 0.0968. The molecule has 2 heterocycles. The summed E-state index contributed by atoms with van der Waals surface area (Å²) in [4.78, 5) is 15.6. The van der Waals surface area contributed by atoms with E-state index in [1.54, 1.807) is 32.4 Å². The largest absolute Gasteiger partial charge is 0.493 e. The molecule has 0 spiro atoms. The molecule has 0 fully saturated rings. The number of fused-ring (bicyclic) bond motifs is 3. The van der Waals surface area contributed by atoms with Crippen LogP contribution in [0.2, 0.25) is 5.02 Å². The minimum absolute atomic E-state index is 0.102. The first kappa shape index (κ1) is 22.3. The lowest BCUT2D eigenvalue weighted by Crippen LogP contribution is -2.33. The molecule has 1 aliphatic rings. The van der Waals surface area contributed by atoms with E-state index in [1.807, 2.05) is 36.4 Å². The molecule has 6 nitrogen and oxygen atoms in total. The van der Waals surface area contributed by atoms with Gasteiger partial charge in [0.15, 0.2) is 11.5 Å². The van der Waals surface area contributed by atoms with E-state index in [-0.39, 0.29) is 5.43 Å². The first-order valence-corrected chi connectivity index (χ1v) is 11.3. The second-order valence-electron chi connectivity index (χ2n) is 8.17. The van der Waals surface area contributed by atoms with Crippen LogP contribution in [-0.2, 0) is 13.0 Å². The molecule has 4 aromatic rings. The first-order valence-electron chi connectivity index (χ1n) is 11.0. The third-order valence-electron chi connectivity index (χ3n) is 6.11. The van der Waals surface area contributed by atoms with Gasteiger partial charge in [-0.3, -0.25) is 9.69 Å². The summed E-state index contributed by atoms with van der Waals surface area (Å²) >= 11 is 5.99. The summed E-state index contributed by atoms with van der Waals surface area (Å²) in [6.07, 6.45) is 2.38. The van der Waals surface area contributed by atoms with Crippen LogP contribution in [0.3, 0.4) is 0 Å². The minimum atomic E-state index is -0.102. The van der Waals surface area contributed by atoms with E-state index in [0.29, 0.717) is 46.9 Å². The van der Waals surface area contributed by atoms with Crippen LogP contribution in [-0.4, -0.2) is 32.4 Å². The number of halogens is 1. The average Bonchev–Trinajstić information content (AvgIpc) is 2.88. The number of rotatable bonds is 6. The summed E-state index contributed by atoms with van der Waals surface area (Å²) in [5.74, 6) is 1.90. The van der Waals surface area contributed by atoms with Gasteiger partial charge in [-0.1, -0.05) is 29.8 Å². The fraction of sp³-hybridized carbons (Fsp3) is 0.222. The summed E-state index contributed by atoms with van der Waals surface area (Å²) in [5.41, 5.74) is 3.71. The molecule has 0 atom stereocenters. The summed E-state index contributed by atoms with van der Waals surface area (Å²) in [5, 5.41) is 1.25. The number of benzene rings is 3. The van der Waals surface area contributed by atoms with Gasteiger partial charge in [0, 0.05) is 18.1 Å². The highest BCUT2D eigenvalue weighted by atomic mass is 35.5. The van der Waals surface area contributed by atoms with Crippen LogP contribution in [0.25, 0.3) is 22.1 Å². The van der Waals surface area contributed by atoms with Crippen LogP contribution >= 0.6 is 11.6 Å². The zero-order valence-electron chi connectivity index (χ0n) is 19.0. The molecule has 0 saturated carbocycles. The van der Waals surface area contributed by atoms with Crippen LogP contribution in [0.15, 0.2) is 70.1 Å². The number of ether oxygens (including phenoxy) is 3. The van der Waals surface area contributed by atoms with E-state index in [4.69, 9.17) is 30.2 Å². The summed E-state index contributed by atoms with van der Waals surface area (Å²) in [6, 6.07) is 16.9. The van der Waals surface area contributed by atoms with Gasteiger partial charge in [-0.05, 0) is 53.9 Å². The Morgan fingerprint density at radius 1 is 1.00 bits per heavy atom. The summed E-state index contributed by atoms with van der Waals surface area (Å²) in [6.45, 7) is 1.93. The Hall–Kier alpha value is -3.48. The van der Waals surface area contributed by atoms with Crippen molar-refractivity contribution in [3.63, 3.8) is 0 Å². The van der Waals surface area contributed by atoms with Crippen molar-refractivity contribution in [3.8, 4) is 28.4 Å². The van der Waals surface area contributed by atoms with Crippen LogP contribution in [0.5, 0.6) is 17.2 Å². The fourth-order valence-electron chi connectivity index (χ4n) is 4.24. The molecule has 5 rings (SSSR count). The van der Waals surface area contributed by atoms with Crippen LogP contribution in [0.4, 0.5) is 0 Å². The van der Waals surface area contributed by atoms with Gasteiger partial charge in [-0.2, -0.15) is 0 Å². The van der Waals surface area contributed by atoms with Crippen LogP contribution in [0.1, 0.15) is 11.1 Å². The van der Waals surface area contributed by atoms with Gasteiger partial charge in [0.25, 0.3) is 0 Å². The molecule has 0 amide bonds. The molecule has 174 valence electrons. The van der Waals surface area contributed by atoms with E-state index in [9.17, 15) is 4.79 Å². The van der Waals surface area contributed by atoms with Crippen molar-refractivity contribution in [2.75, 3.05) is 27.5 Å². The quantitative estimate of drug-likeness (QED) is 0.364. The van der Waals surface area contributed by atoms with Crippen molar-refractivity contribution in [2.24, 2.45) is 0 Å². The van der Waals surface area contributed by atoms with Gasteiger partial charge in [-0.25, -0.2) is 0 Å². The van der Waals surface area contributed by atoms with Crippen molar-refractivity contribution >= 4 is 22.6 Å². The predicted octanol–water partition coefficient (Wildman–Crippen LogP) is 5.53. The molecule has 0 radical (unpaired) electrons. The molecular weight excluding hydrogens is 454 g/mol. The van der Waals surface area contributed by atoms with Crippen LogP contribution < -0.4 is 19.6 Å². The Balaban J connectivity index is 1.44. The van der Waals surface area contributed by atoms with Gasteiger partial charge in [0.1, 0.15) is 24.3 Å². The van der Waals surface area contributed by atoms with E-state index < -0.39 is 0 Å². The van der Waals surface area contributed by atoms with Gasteiger partial charge in [-0.15, -0.1) is 0 Å². The molecular formula is C27H24ClNO5. The van der Waals surface area contributed by atoms with Crippen LogP contribution in [0, 0.1) is 0 Å². The van der Waals surface area contributed by atoms with Crippen molar-refractivity contribution in [1.82, 2.24) is 4.90 Å². The maximum atomic E-state index is 13.4. The minimum Gasteiger partial charge on any atom is -0.493 e. The molecule has 0 aliphatic carbocycles. The zero-order valence-corrected chi connectivity index (χ0v) is 19.7. The molecule has 7 heteroatoms. The highest BCUT2D eigenvalue weighted by molar-refractivity contribution is 6.30. The molecule has 34 heavy (non-hydrogen) atoms. The average molecular weight is 478 g/mol. The van der Waals surface area contributed by atoms with E-state index in [2.05, 4.69) is 4.90 Å². The number of hydrogen-bond acceptors (Lipinski definition) is 6.